The molecule has 2 fully saturated rings. The van der Waals surface area contributed by atoms with Gasteiger partial charge in [-0.1, -0.05) is 0 Å². The lowest BCUT2D eigenvalue weighted by atomic mass is 9.97. The van der Waals surface area contributed by atoms with Crippen LogP contribution in [0.2, 0.25) is 0 Å². The number of ether oxygens (including phenoxy) is 2. The molecule has 0 saturated carbocycles. The van der Waals surface area contributed by atoms with Crippen molar-refractivity contribution in [1.29, 1.82) is 0 Å². The van der Waals surface area contributed by atoms with E-state index >= 15 is 0 Å². The largest absolute Gasteiger partial charge is 0.382 e. The standard InChI is InChI=1S/C19H38N4O2.HI/c1-16(2)22-8-5-6-17(13-22)12-21-19(20-3)23-9-7-18(14-23)15-25-11-10-24-4;/h16-18H,5-15H2,1-4H3,(H,20,21);1H. The van der Waals surface area contributed by atoms with Crippen LogP contribution in [0.4, 0.5) is 0 Å². The van der Waals surface area contributed by atoms with Crippen LogP contribution in [0, 0.1) is 11.8 Å². The normalized spacial score (nSPS) is 24.8. The Balaban J connectivity index is 0.00000338. The Morgan fingerprint density at radius 1 is 1.15 bits per heavy atom. The lowest BCUT2D eigenvalue weighted by Crippen LogP contribution is -2.46. The van der Waals surface area contributed by atoms with Gasteiger partial charge in [0.05, 0.1) is 19.8 Å². The maximum atomic E-state index is 5.69. The highest BCUT2D eigenvalue weighted by Gasteiger charge is 2.26. The summed E-state index contributed by atoms with van der Waals surface area (Å²) in [5, 5.41) is 3.63. The molecular formula is C19H39IN4O2. The minimum Gasteiger partial charge on any atom is -0.382 e. The van der Waals surface area contributed by atoms with E-state index in [1.54, 1.807) is 7.11 Å². The van der Waals surface area contributed by atoms with E-state index in [0.29, 0.717) is 25.2 Å². The van der Waals surface area contributed by atoms with Gasteiger partial charge in [-0.15, -0.1) is 24.0 Å². The molecular weight excluding hydrogens is 443 g/mol. The van der Waals surface area contributed by atoms with Crippen LogP contribution in [0.5, 0.6) is 0 Å². The smallest absolute Gasteiger partial charge is 0.193 e. The second-order valence-electron chi connectivity index (χ2n) is 7.69. The third-order valence-electron chi connectivity index (χ3n) is 5.41. The molecule has 0 aromatic carbocycles. The zero-order valence-corrected chi connectivity index (χ0v) is 19.4. The zero-order valence-electron chi connectivity index (χ0n) is 17.1. The van der Waals surface area contributed by atoms with Gasteiger partial charge in [0.25, 0.3) is 0 Å². The molecule has 0 aliphatic carbocycles. The van der Waals surface area contributed by atoms with Crippen molar-refractivity contribution in [3.8, 4) is 0 Å². The van der Waals surface area contributed by atoms with E-state index in [2.05, 4.69) is 34.0 Å². The predicted molar refractivity (Wildman–Crippen MR) is 119 cm³/mol. The van der Waals surface area contributed by atoms with Crippen LogP contribution >= 0.6 is 24.0 Å². The molecule has 2 unspecified atom stereocenters. The summed E-state index contributed by atoms with van der Waals surface area (Å²) in [5.41, 5.74) is 0. The Morgan fingerprint density at radius 3 is 2.65 bits per heavy atom. The summed E-state index contributed by atoms with van der Waals surface area (Å²) in [4.78, 5) is 9.49. The van der Waals surface area contributed by atoms with Gasteiger partial charge in [0.1, 0.15) is 0 Å². The number of piperidine rings is 1. The summed E-state index contributed by atoms with van der Waals surface area (Å²) in [5.74, 6) is 2.38. The highest BCUT2D eigenvalue weighted by Crippen LogP contribution is 2.19. The van der Waals surface area contributed by atoms with Crippen LogP contribution < -0.4 is 5.32 Å². The van der Waals surface area contributed by atoms with E-state index < -0.39 is 0 Å². The van der Waals surface area contributed by atoms with Crippen LogP contribution in [-0.2, 0) is 9.47 Å². The Hall–Kier alpha value is -0.120. The molecule has 0 radical (unpaired) electrons. The van der Waals surface area contributed by atoms with Gasteiger partial charge >= 0.3 is 0 Å². The number of hydrogen-bond donors (Lipinski definition) is 1. The predicted octanol–water partition coefficient (Wildman–Crippen LogP) is 2.29. The molecule has 2 aliphatic heterocycles. The Labute approximate surface area is 177 Å². The molecule has 0 amide bonds. The number of rotatable bonds is 8. The van der Waals surface area contributed by atoms with Crippen molar-refractivity contribution in [2.24, 2.45) is 16.8 Å². The minimum atomic E-state index is 0. The summed E-state index contributed by atoms with van der Waals surface area (Å²) >= 11 is 0. The van der Waals surface area contributed by atoms with E-state index in [-0.39, 0.29) is 24.0 Å². The van der Waals surface area contributed by atoms with Crippen molar-refractivity contribution in [3.05, 3.63) is 0 Å². The Morgan fingerprint density at radius 2 is 1.96 bits per heavy atom. The SMILES string of the molecule is CN=C(NCC1CCCN(C(C)C)C1)N1CCC(COCCOC)C1.I. The first-order valence-corrected chi connectivity index (χ1v) is 9.90. The van der Waals surface area contributed by atoms with Crippen LogP contribution in [0.15, 0.2) is 4.99 Å². The van der Waals surface area contributed by atoms with Gasteiger partial charge in [-0.2, -0.15) is 0 Å². The number of hydrogen-bond acceptors (Lipinski definition) is 4. The number of guanidine groups is 1. The molecule has 0 aromatic rings. The lowest BCUT2D eigenvalue weighted by Gasteiger charge is -2.36. The highest BCUT2D eigenvalue weighted by atomic mass is 127. The number of nitrogens with one attached hydrogen (secondary N) is 1. The van der Waals surface area contributed by atoms with Gasteiger partial charge in [0.2, 0.25) is 0 Å². The van der Waals surface area contributed by atoms with Gasteiger partial charge in [-0.3, -0.25) is 4.99 Å². The van der Waals surface area contributed by atoms with Crippen LogP contribution in [0.1, 0.15) is 33.1 Å². The summed E-state index contributed by atoms with van der Waals surface area (Å²) in [7, 11) is 3.61. The average molecular weight is 482 g/mol. The summed E-state index contributed by atoms with van der Waals surface area (Å²) < 4.78 is 10.7. The minimum absolute atomic E-state index is 0. The zero-order chi connectivity index (χ0) is 18.1. The molecule has 2 aliphatic rings. The van der Waals surface area contributed by atoms with E-state index in [4.69, 9.17) is 9.47 Å². The lowest BCUT2D eigenvalue weighted by molar-refractivity contribution is 0.0536. The van der Waals surface area contributed by atoms with Gasteiger partial charge in [0, 0.05) is 52.3 Å². The number of aliphatic imine (C=N–C) groups is 1. The fourth-order valence-corrected chi connectivity index (χ4v) is 3.85. The van der Waals surface area contributed by atoms with Crippen LogP contribution in [0.3, 0.4) is 0 Å². The summed E-state index contributed by atoms with van der Waals surface area (Å²) in [6, 6.07) is 0.652. The Bertz CT molecular complexity index is 409. The first kappa shape index (κ1) is 23.9. The fraction of sp³-hybridized carbons (Fsp3) is 0.947. The monoisotopic (exact) mass is 482 g/mol. The number of halogens is 1. The molecule has 1 N–H and O–H groups in total. The van der Waals surface area contributed by atoms with Gasteiger partial charge in [0.15, 0.2) is 5.96 Å². The van der Waals surface area contributed by atoms with Gasteiger partial charge < -0.3 is 24.6 Å². The van der Waals surface area contributed by atoms with Crippen LogP contribution in [-0.4, -0.2) is 88.5 Å². The third-order valence-corrected chi connectivity index (χ3v) is 5.41. The van der Waals surface area contributed by atoms with E-state index in [1.807, 2.05) is 7.05 Å². The van der Waals surface area contributed by atoms with Crippen molar-refractivity contribution in [1.82, 2.24) is 15.1 Å². The molecule has 7 heteroatoms. The van der Waals surface area contributed by atoms with Gasteiger partial charge in [-0.05, 0) is 45.6 Å². The second-order valence-corrected chi connectivity index (χ2v) is 7.69. The highest BCUT2D eigenvalue weighted by molar-refractivity contribution is 14.0. The van der Waals surface area contributed by atoms with Gasteiger partial charge in [-0.25, -0.2) is 0 Å². The quantitative estimate of drug-likeness (QED) is 0.249. The topological polar surface area (TPSA) is 49.3 Å². The fourth-order valence-electron chi connectivity index (χ4n) is 3.85. The molecule has 2 saturated heterocycles. The van der Waals surface area contributed by atoms with Crippen molar-refractivity contribution in [3.63, 3.8) is 0 Å². The van der Waals surface area contributed by atoms with E-state index in [0.717, 1.165) is 38.1 Å². The molecule has 154 valence electrons. The van der Waals surface area contributed by atoms with Crippen molar-refractivity contribution in [2.45, 2.75) is 39.2 Å². The van der Waals surface area contributed by atoms with Crippen molar-refractivity contribution in [2.75, 3.05) is 66.7 Å². The molecule has 2 heterocycles. The first-order valence-electron chi connectivity index (χ1n) is 9.90. The number of nitrogens with zero attached hydrogens (tertiary/aromatic N) is 3. The molecule has 2 rings (SSSR count). The Kier molecular flexibility index (Phi) is 12.1. The molecule has 0 aromatic heterocycles. The average Bonchev–Trinajstić information content (AvgIpc) is 3.08. The second kappa shape index (κ2) is 13.1. The molecule has 6 nitrogen and oxygen atoms in total. The number of likely N-dealkylation sites (tertiary alicyclic amines) is 2. The molecule has 0 bridgehead atoms. The molecule has 0 spiro atoms. The van der Waals surface area contributed by atoms with Crippen molar-refractivity contribution >= 4 is 29.9 Å². The maximum Gasteiger partial charge on any atom is 0.193 e. The molecule has 26 heavy (non-hydrogen) atoms. The third kappa shape index (κ3) is 7.86. The summed E-state index contributed by atoms with van der Waals surface area (Å²) in [6.07, 6.45) is 3.81. The molecule has 2 atom stereocenters. The van der Waals surface area contributed by atoms with E-state index in [1.165, 1.54) is 32.4 Å². The first-order chi connectivity index (χ1) is 12.1. The van der Waals surface area contributed by atoms with E-state index in [9.17, 15) is 0 Å². The number of methoxy groups -OCH3 is 1. The maximum absolute atomic E-state index is 5.69. The van der Waals surface area contributed by atoms with Crippen molar-refractivity contribution < 1.29 is 9.47 Å². The summed E-state index contributed by atoms with van der Waals surface area (Å²) in [6.45, 7) is 12.4. The van der Waals surface area contributed by atoms with Crippen LogP contribution in [0.25, 0.3) is 0 Å².